The molecule has 2 aliphatic rings. The average molecular weight is 533 g/mol. The van der Waals surface area contributed by atoms with E-state index in [4.69, 9.17) is 14.6 Å². The van der Waals surface area contributed by atoms with Gasteiger partial charge >= 0.3 is 6.09 Å². The van der Waals surface area contributed by atoms with Crippen LogP contribution in [0, 0.1) is 5.92 Å². The lowest BCUT2D eigenvalue weighted by Gasteiger charge is -2.35. The minimum absolute atomic E-state index is 0.265. The minimum atomic E-state index is -0.781. The van der Waals surface area contributed by atoms with Crippen LogP contribution in [0.1, 0.15) is 49.6 Å². The molecule has 0 spiro atoms. The van der Waals surface area contributed by atoms with Gasteiger partial charge in [0.05, 0.1) is 25.9 Å². The van der Waals surface area contributed by atoms with Crippen LogP contribution >= 0.6 is 15.9 Å². The maximum Gasteiger partial charge on any atom is 0.410 e. The van der Waals surface area contributed by atoms with Gasteiger partial charge in [-0.15, -0.1) is 0 Å². The molecule has 0 saturated carbocycles. The Morgan fingerprint density at radius 2 is 2.06 bits per heavy atom. The van der Waals surface area contributed by atoms with Crippen LogP contribution < -0.4 is 15.3 Å². The number of fused-ring (bicyclic) bond motifs is 3. The van der Waals surface area contributed by atoms with Crippen molar-refractivity contribution in [2.45, 2.75) is 50.1 Å². The van der Waals surface area contributed by atoms with E-state index in [1.54, 1.807) is 0 Å². The lowest BCUT2D eigenvalue weighted by Crippen LogP contribution is -2.42. The van der Waals surface area contributed by atoms with Crippen molar-refractivity contribution in [1.82, 2.24) is 9.88 Å². The van der Waals surface area contributed by atoms with Gasteiger partial charge in [-0.1, -0.05) is 54.1 Å². The zero-order chi connectivity index (χ0) is 24.2. The van der Waals surface area contributed by atoms with Crippen molar-refractivity contribution >= 4 is 34.2 Å². The fraction of sp³-hybridized carbons (Fsp3) is 0.500. The number of carbonyl (C=O) groups excluding carboxylic acids is 1. The second-order valence-corrected chi connectivity index (χ2v) is 10.5. The summed E-state index contributed by atoms with van der Waals surface area (Å²) in [5.74, 6) is 0.940. The zero-order valence-electron chi connectivity index (χ0n) is 19.7. The molecule has 184 valence electrons. The van der Waals surface area contributed by atoms with Crippen LogP contribution in [0.2, 0.25) is 0 Å². The molecule has 0 saturated heterocycles. The molecule has 1 aliphatic carbocycles. The van der Waals surface area contributed by atoms with Gasteiger partial charge in [-0.25, -0.2) is 4.79 Å². The first kappa shape index (κ1) is 24.8. The van der Waals surface area contributed by atoms with Crippen molar-refractivity contribution < 1.29 is 24.5 Å². The van der Waals surface area contributed by atoms with Crippen molar-refractivity contribution in [1.29, 1.82) is 0 Å². The Labute approximate surface area is 208 Å². The van der Waals surface area contributed by atoms with Crippen molar-refractivity contribution in [3.63, 3.8) is 0 Å². The Bertz CT molecular complexity index is 1110. The van der Waals surface area contributed by atoms with Crippen molar-refractivity contribution in [3.05, 3.63) is 51.7 Å². The smallest absolute Gasteiger partial charge is 0.410 e. The Kier molecular flexibility index (Phi) is 8.01. The highest BCUT2D eigenvalue weighted by Crippen LogP contribution is 2.34. The molecule has 3 atom stereocenters. The van der Waals surface area contributed by atoms with E-state index in [0.717, 1.165) is 29.4 Å². The number of nitrogens with zero attached hydrogens (tertiary/aromatic N) is 1. The first-order valence-electron chi connectivity index (χ1n) is 11.9. The van der Waals surface area contributed by atoms with Gasteiger partial charge in [-0.3, -0.25) is 4.90 Å². The van der Waals surface area contributed by atoms with E-state index in [-0.39, 0.29) is 24.7 Å². The standard InChI is InChI=1S/C26H33BrN2O5/c1-16(2)15-34-26(32)29-11-9-21-22-13-18(27)5-8-23(22)28-24(21)25(29)17-3-6-20(7-4-17)33-12-10-19(31)14-30/h3-4,6-8,13,16,18-19,25,28,30-31H,5,9-12,14-15H2,1-2H3/t18?,19-,25?/m0/s1. The van der Waals surface area contributed by atoms with E-state index in [0.29, 0.717) is 36.8 Å². The summed E-state index contributed by atoms with van der Waals surface area (Å²) in [6, 6.07) is 7.42. The Balaban J connectivity index is 1.64. The predicted molar refractivity (Wildman–Crippen MR) is 134 cm³/mol. The van der Waals surface area contributed by atoms with Crippen molar-refractivity contribution in [2.75, 3.05) is 26.4 Å². The van der Waals surface area contributed by atoms with Crippen LogP contribution in [0.3, 0.4) is 0 Å². The predicted octanol–water partition coefficient (Wildman–Crippen LogP) is 2.61. The Hall–Kier alpha value is -2.29. The summed E-state index contributed by atoms with van der Waals surface area (Å²) in [4.78, 5) is 18.8. The average Bonchev–Trinajstić information content (AvgIpc) is 3.20. The number of benzene rings is 1. The summed E-state index contributed by atoms with van der Waals surface area (Å²) in [7, 11) is 0. The number of alkyl halides is 1. The molecule has 1 aliphatic heterocycles. The van der Waals surface area contributed by atoms with Crippen LogP contribution in [0.25, 0.3) is 12.2 Å². The first-order chi connectivity index (χ1) is 16.4. The third-order valence-corrected chi connectivity index (χ3v) is 6.83. The normalized spacial score (nSPS) is 20.1. The summed E-state index contributed by atoms with van der Waals surface area (Å²) in [6.07, 6.45) is 5.44. The third kappa shape index (κ3) is 5.50. The van der Waals surface area contributed by atoms with Crippen LogP contribution in [-0.2, 0) is 11.2 Å². The van der Waals surface area contributed by atoms with Crippen molar-refractivity contribution in [2.24, 2.45) is 5.92 Å². The molecule has 1 amide bonds. The number of hydrogen-bond donors (Lipinski definition) is 3. The summed E-state index contributed by atoms with van der Waals surface area (Å²) >= 11 is 3.71. The molecule has 7 nitrogen and oxygen atoms in total. The number of nitrogens with one attached hydrogen (secondary N) is 1. The van der Waals surface area contributed by atoms with E-state index in [9.17, 15) is 9.90 Å². The maximum absolute atomic E-state index is 13.1. The third-order valence-electron chi connectivity index (χ3n) is 6.19. The number of carbonyl (C=O) groups is 1. The highest BCUT2D eigenvalue weighted by molar-refractivity contribution is 9.09. The second-order valence-electron chi connectivity index (χ2n) is 9.33. The second kappa shape index (κ2) is 11.0. The SMILES string of the molecule is CC(C)COC(=O)N1CCc2c([nH]c3c2=CC(Br)CC=3)C1c1ccc(OCC[C@H](O)CO)cc1. The number of H-pyrrole nitrogens is 1. The molecule has 0 radical (unpaired) electrons. The lowest BCUT2D eigenvalue weighted by molar-refractivity contribution is 0.0754. The van der Waals surface area contributed by atoms with E-state index in [2.05, 4.69) is 33.1 Å². The lowest BCUT2D eigenvalue weighted by atomic mass is 9.92. The van der Waals surface area contributed by atoms with Gasteiger partial charge < -0.3 is 24.7 Å². The van der Waals surface area contributed by atoms with Gasteiger partial charge in [0.15, 0.2) is 0 Å². The van der Waals surface area contributed by atoms with Gasteiger partial charge in [-0.05, 0) is 47.2 Å². The summed E-state index contributed by atoms with van der Waals surface area (Å²) < 4.78 is 11.3. The topological polar surface area (TPSA) is 95.0 Å². The summed E-state index contributed by atoms with van der Waals surface area (Å²) in [6.45, 7) is 5.05. The number of aromatic amines is 1. The molecule has 4 rings (SSSR count). The van der Waals surface area contributed by atoms with Crippen LogP contribution in [0.4, 0.5) is 4.79 Å². The number of ether oxygens (including phenoxy) is 2. The number of aliphatic hydroxyl groups is 2. The molecule has 2 heterocycles. The van der Waals surface area contributed by atoms with Gasteiger partial charge in [0.2, 0.25) is 0 Å². The van der Waals surface area contributed by atoms with E-state index >= 15 is 0 Å². The Morgan fingerprint density at radius 3 is 2.76 bits per heavy atom. The quantitative estimate of drug-likeness (QED) is 0.454. The summed E-state index contributed by atoms with van der Waals surface area (Å²) in [5.41, 5.74) is 3.26. The number of rotatable bonds is 8. The van der Waals surface area contributed by atoms with E-state index in [1.165, 1.54) is 10.8 Å². The maximum atomic E-state index is 13.1. The fourth-order valence-corrected chi connectivity index (χ4v) is 4.91. The monoisotopic (exact) mass is 532 g/mol. The molecule has 8 heteroatoms. The molecule has 1 aromatic heterocycles. The van der Waals surface area contributed by atoms with E-state index < -0.39 is 6.10 Å². The number of amides is 1. The highest BCUT2D eigenvalue weighted by Gasteiger charge is 2.35. The van der Waals surface area contributed by atoms with Gasteiger partial charge in [0.25, 0.3) is 0 Å². The highest BCUT2D eigenvalue weighted by atomic mass is 79.9. The molecular formula is C26H33BrN2O5. The van der Waals surface area contributed by atoms with Gasteiger partial charge in [0.1, 0.15) is 11.8 Å². The number of aromatic nitrogens is 1. The fourth-order valence-electron chi connectivity index (χ4n) is 4.46. The van der Waals surface area contributed by atoms with Crippen LogP contribution in [0.5, 0.6) is 5.75 Å². The molecule has 2 unspecified atom stereocenters. The van der Waals surface area contributed by atoms with Crippen LogP contribution in [-0.4, -0.2) is 63.5 Å². The zero-order valence-corrected chi connectivity index (χ0v) is 21.3. The number of aliphatic hydroxyl groups excluding tert-OH is 2. The largest absolute Gasteiger partial charge is 0.493 e. The van der Waals surface area contributed by atoms with E-state index in [1.807, 2.05) is 43.0 Å². The molecule has 2 aromatic rings. The van der Waals surface area contributed by atoms with Gasteiger partial charge in [0, 0.05) is 28.8 Å². The number of hydrogen-bond acceptors (Lipinski definition) is 5. The molecule has 34 heavy (non-hydrogen) atoms. The number of halogens is 1. The minimum Gasteiger partial charge on any atom is -0.493 e. The first-order valence-corrected chi connectivity index (χ1v) is 12.8. The molecule has 1 aromatic carbocycles. The summed E-state index contributed by atoms with van der Waals surface area (Å²) in [5, 5.41) is 20.8. The van der Waals surface area contributed by atoms with Crippen LogP contribution in [0.15, 0.2) is 24.3 Å². The van der Waals surface area contributed by atoms with Crippen molar-refractivity contribution in [3.8, 4) is 5.75 Å². The molecular weight excluding hydrogens is 500 g/mol. The molecule has 3 N–H and O–H groups in total. The Morgan fingerprint density at radius 1 is 1.29 bits per heavy atom. The van der Waals surface area contributed by atoms with Gasteiger partial charge in [-0.2, -0.15) is 0 Å². The molecule has 0 bridgehead atoms. The molecule has 0 fully saturated rings.